The van der Waals surface area contributed by atoms with Crippen LogP contribution in [0.4, 0.5) is 23.2 Å². The van der Waals surface area contributed by atoms with Gasteiger partial charge in [0.15, 0.2) is 6.61 Å². The number of nitrogens with one attached hydrogen (secondary N) is 1. The van der Waals surface area contributed by atoms with Crippen molar-refractivity contribution < 1.29 is 30.7 Å². The van der Waals surface area contributed by atoms with Crippen LogP contribution in [-0.4, -0.2) is 28.2 Å². The number of ether oxygens (including phenoxy) is 1. The zero-order valence-electron chi connectivity index (χ0n) is 9.58. The van der Waals surface area contributed by atoms with Crippen LogP contribution in [0.15, 0.2) is 17.0 Å². The fourth-order valence-corrected chi connectivity index (χ4v) is 1.97. The Morgan fingerprint density at radius 2 is 1.95 bits per heavy atom. The highest BCUT2D eigenvalue weighted by Crippen LogP contribution is 2.29. The van der Waals surface area contributed by atoms with Gasteiger partial charge in [0, 0.05) is 6.07 Å². The van der Waals surface area contributed by atoms with Crippen molar-refractivity contribution in [3.8, 4) is 5.75 Å². The summed E-state index contributed by atoms with van der Waals surface area (Å²) >= 11 is 0. The van der Waals surface area contributed by atoms with E-state index in [1.165, 1.54) is 0 Å². The molecule has 0 radical (unpaired) electrons. The number of sulfonamides is 1. The summed E-state index contributed by atoms with van der Waals surface area (Å²) in [5, 5.41) is 0. The lowest BCUT2D eigenvalue weighted by atomic mass is 10.3. The van der Waals surface area contributed by atoms with Crippen molar-refractivity contribution in [2.75, 3.05) is 19.4 Å². The average Bonchev–Trinajstić information content (AvgIpc) is 2.28. The van der Waals surface area contributed by atoms with Gasteiger partial charge in [-0.3, -0.25) is 0 Å². The largest absolute Gasteiger partial charge is 0.482 e. The number of benzene rings is 1. The van der Waals surface area contributed by atoms with E-state index in [9.17, 15) is 26.0 Å². The molecule has 0 unspecified atom stereocenters. The first-order valence-electron chi connectivity index (χ1n) is 4.79. The number of nitrogens with two attached hydrogens (primary N) is 1. The van der Waals surface area contributed by atoms with Gasteiger partial charge in [-0.25, -0.2) is 17.5 Å². The second-order valence-electron chi connectivity index (χ2n) is 3.43. The highest BCUT2D eigenvalue weighted by Gasteiger charge is 2.29. The van der Waals surface area contributed by atoms with E-state index in [0.717, 1.165) is 7.05 Å². The lowest BCUT2D eigenvalue weighted by Gasteiger charge is -2.13. The van der Waals surface area contributed by atoms with Crippen LogP contribution in [0.3, 0.4) is 0 Å². The Hall–Kier alpha value is -1.55. The van der Waals surface area contributed by atoms with Crippen LogP contribution in [0.25, 0.3) is 0 Å². The second kappa shape index (κ2) is 5.21. The fraction of sp³-hybridized carbons (Fsp3) is 0.333. The Morgan fingerprint density at radius 1 is 1.37 bits per heavy atom. The van der Waals surface area contributed by atoms with Crippen molar-refractivity contribution in [3.05, 3.63) is 17.9 Å². The van der Waals surface area contributed by atoms with Crippen molar-refractivity contribution in [1.82, 2.24) is 4.72 Å². The van der Waals surface area contributed by atoms with E-state index in [2.05, 4.69) is 4.74 Å². The van der Waals surface area contributed by atoms with Gasteiger partial charge in [-0.15, -0.1) is 0 Å². The maximum Gasteiger partial charge on any atom is 0.422 e. The van der Waals surface area contributed by atoms with Gasteiger partial charge in [-0.05, 0) is 13.1 Å². The number of halogens is 4. The monoisotopic (exact) mass is 302 g/mol. The smallest absolute Gasteiger partial charge is 0.422 e. The molecule has 0 fully saturated rings. The summed E-state index contributed by atoms with van der Waals surface area (Å²) in [6, 6.07) is 1.18. The third kappa shape index (κ3) is 3.96. The minimum Gasteiger partial charge on any atom is -0.482 e. The van der Waals surface area contributed by atoms with E-state index >= 15 is 0 Å². The van der Waals surface area contributed by atoms with Gasteiger partial charge in [0.05, 0.1) is 5.69 Å². The molecule has 1 aromatic rings. The average molecular weight is 302 g/mol. The Balaban J connectivity index is 3.11. The lowest BCUT2D eigenvalue weighted by molar-refractivity contribution is -0.153. The van der Waals surface area contributed by atoms with E-state index in [4.69, 9.17) is 5.73 Å². The first-order chi connectivity index (χ1) is 8.57. The zero-order chi connectivity index (χ0) is 14.8. The van der Waals surface area contributed by atoms with Crippen LogP contribution in [-0.2, 0) is 10.0 Å². The van der Waals surface area contributed by atoms with E-state index in [0.29, 0.717) is 12.1 Å². The summed E-state index contributed by atoms with van der Waals surface area (Å²) in [5.41, 5.74) is 4.90. The quantitative estimate of drug-likeness (QED) is 0.648. The normalized spacial score (nSPS) is 12.5. The predicted molar refractivity (Wildman–Crippen MR) is 58.6 cm³/mol. The topological polar surface area (TPSA) is 81.4 Å². The zero-order valence-corrected chi connectivity index (χ0v) is 10.4. The minimum absolute atomic E-state index is 0.417. The molecule has 0 heterocycles. The Morgan fingerprint density at radius 3 is 2.42 bits per heavy atom. The van der Waals surface area contributed by atoms with E-state index < -0.39 is 45.0 Å². The molecule has 0 saturated carbocycles. The number of nitrogen functional groups attached to an aromatic ring is 1. The van der Waals surface area contributed by atoms with Crippen molar-refractivity contribution in [2.45, 2.75) is 11.1 Å². The summed E-state index contributed by atoms with van der Waals surface area (Å²) < 4.78 is 78.2. The molecular weight excluding hydrogens is 292 g/mol. The first-order valence-corrected chi connectivity index (χ1v) is 6.27. The van der Waals surface area contributed by atoms with Gasteiger partial charge in [0.25, 0.3) is 0 Å². The van der Waals surface area contributed by atoms with Crippen LogP contribution in [0, 0.1) is 5.82 Å². The third-order valence-electron chi connectivity index (χ3n) is 2.01. The van der Waals surface area contributed by atoms with Gasteiger partial charge < -0.3 is 10.5 Å². The van der Waals surface area contributed by atoms with Crippen molar-refractivity contribution in [2.24, 2.45) is 0 Å². The Labute approximate surface area is 106 Å². The lowest BCUT2D eigenvalue weighted by Crippen LogP contribution is -2.21. The maximum absolute atomic E-state index is 13.5. The van der Waals surface area contributed by atoms with Gasteiger partial charge >= 0.3 is 6.18 Å². The standard InChI is InChI=1S/C9H10F4N2O3S/c1-15-19(16,17)8-3-6(14)7(2-5(8)10)18-4-9(11,12)13/h2-3,15H,4,14H2,1H3. The number of hydrogen-bond donors (Lipinski definition) is 2. The van der Waals surface area contributed by atoms with Crippen LogP contribution < -0.4 is 15.2 Å². The number of hydrogen-bond acceptors (Lipinski definition) is 4. The maximum atomic E-state index is 13.5. The van der Waals surface area contributed by atoms with Gasteiger partial charge in [0.2, 0.25) is 10.0 Å². The van der Waals surface area contributed by atoms with E-state index in [-0.39, 0.29) is 0 Å². The molecule has 0 spiro atoms. The van der Waals surface area contributed by atoms with Gasteiger partial charge in [0.1, 0.15) is 16.5 Å². The molecule has 5 nitrogen and oxygen atoms in total. The summed E-state index contributed by atoms with van der Waals surface area (Å²) in [6.45, 7) is -1.66. The molecule has 1 rings (SSSR count). The summed E-state index contributed by atoms with van der Waals surface area (Å²) in [7, 11) is -3.04. The number of alkyl halides is 3. The van der Waals surface area contributed by atoms with Gasteiger partial charge in [-0.1, -0.05) is 0 Å². The molecule has 0 saturated heterocycles. The molecule has 0 atom stereocenters. The molecule has 0 aliphatic carbocycles. The molecule has 0 aliphatic heterocycles. The minimum atomic E-state index is -4.61. The number of rotatable bonds is 4. The molecule has 0 aromatic heterocycles. The summed E-state index contributed by atoms with van der Waals surface area (Å²) in [4.78, 5) is -0.771. The molecule has 0 amide bonds. The van der Waals surface area contributed by atoms with E-state index in [1.54, 1.807) is 0 Å². The highest BCUT2D eigenvalue weighted by molar-refractivity contribution is 7.89. The molecule has 1 aromatic carbocycles. The Bertz CT molecular complexity index is 572. The molecule has 108 valence electrons. The highest BCUT2D eigenvalue weighted by atomic mass is 32.2. The third-order valence-corrected chi connectivity index (χ3v) is 3.44. The fourth-order valence-electron chi connectivity index (χ4n) is 1.15. The van der Waals surface area contributed by atoms with Crippen LogP contribution in [0.2, 0.25) is 0 Å². The molecule has 19 heavy (non-hydrogen) atoms. The predicted octanol–water partition coefficient (Wildman–Crippen LogP) is 1.26. The van der Waals surface area contributed by atoms with Crippen LogP contribution >= 0.6 is 0 Å². The molecule has 3 N–H and O–H groups in total. The van der Waals surface area contributed by atoms with Crippen molar-refractivity contribution >= 4 is 15.7 Å². The first kappa shape index (κ1) is 15.5. The second-order valence-corrected chi connectivity index (χ2v) is 5.29. The van der Waals surface area contributed by atoms with Crippen LogP contribution in [0.1, 0.15) is 0 Å². The Kier molecular flexibility index (Phi) is 4.25. The molecule has 0 bridgehead atoms. The molecule has 0 aliphatic rings. The van der Waals surface area contributed by atoms with Crippen molar-refractivity contribution in [1.29, 1.82) is 0 Å². The van der Waals surface area contributed by atoms with Crippen molar-refractivity contribution in [3.63, 3.8) is 0 Å². The number of anilines is 1. The van der Waals surface area contributed by atoms with Gasteiger partial charge in [-0.2, -0.15) is 13.2 Å². The van der Waals surface area contributed by atoms with Crippen LogP contribution in [0.5, 0.6) is 5.75 Å². The van der Waals surface area contributed by atoms with E-state index in [1.807, 2.05) is 4.72 Å². The summed E-state index contributed by atoms with van der Waals surface area (Å²) in [5.74, 6) is -1.84. The SMILES string of the molecule is CNS(=O)(=O)c1cc(N)c(OCC(F)(F)F)cc1F. The summed E-state index contributed by atoms with van der Waals surface area (Å²) in [6.07, 6.45) is -4.61. The molecular formula is C9H10F4N2O3S. The molecule has 10 heteroatoms.